The van der Waals surface area contributed by atoms with Gasteiger partial charge in [-0.3, -0.25) is 0 Å². The van der Waals surface area contributed by atoms with Crippen molar-refractivity contribution in [3.05, 3.63) is 332 Å². The van der Waals surface area contributed by atoms with E-state index in [0.29, 0.717) is 0 Å². The maximum absolute atomic E-state index is 6.59. The van der Waals surface area contributed by atoms with Crippen LogP contribution < -0.4 is 38.5 Å². The summed E-state index contributed by atoms with van der Waals surface area (Å²) in [7, 11) is 0.418. The third-order valence-corrected chi connectivity index (χ3v) is 30.6. The second-order valence-corrected chi connectivity index (χ2v) is 60.1. The van der Waals surface area contributed by atoms with Crippen LogP contribution in [0.3, 0.4) is 0 Å². The zero-order chi connectivity index (χ0) is 78.6. The molecule has 4 unspecified atom stereocenters. The van der Waals surface area contributed by atoms with Crippen LogP contribution in [0.15, 0.2) is 243 Å². The van der Waals surface area contributed by atoms with Gasteiger partial charge in [-0.15, -0.1) is 91.6 Å². The van der Waals surface area contributed by atoms with Crippen LogP contribution in [0, 0.1) is 27.7 Å². The zero-order valence-electron chi connectivity index (χ0n) is 67.6. The van der Waals surface area contributed by atoms with Gasteiger partial charge in [-0.1, -0.05) is 211 Å². The van der Waals surface area contributed by atoms with Gasteiger partial charge < -0.3 is 17.7 Å². The predicted molar refractivity (Wildman–Crippen MR) is 492 cm³/mol. The average Bonchev–Trinajstić information content (AvgIpc) is 1.59. The summed E-state index contributed by atoms with van der Waals surface area (Å²) in [5.41, 5.74) is 22.1. The Labute approximate surface area is 686 Å². The Morgan fingerprint density at radius 1 is 0.279 bits per heavy atom. The molecule has 12 aromatic rings. The number of rotatable bonds is 16. The second-order valence-electron chi connectivity index (χ2n) is 34.1. The molecule has 4 atom stereocenters. The van der Waals surface area contributed by atoms with Gasteiger partial charge in [-0.2, -0.15) is 68.8 Å². The van der Waals surface area contributed by atoms with Crippen LogP contribution in [-0.4, -0.2) is 50.9 Å². The van der Waals surface area contributed by atoms with Crippen molar-refractivity contribution in [1.29, 1.82) is 0 Å². The van der Waals surface area contributed by atoms with Crippen LogP contribution in [-0.2, 0) is 20.8 Å². The topological polar surface area (TPSA) is 36.9 Å². The van der Waals surface area contributed by atoms with Crippen molar-refractivity contribution >= 4 is 156 Å². The molecule has 2 radical (unpaired) electrons. The Hall–Kier alpha value is -7.92. The SMILES string of the molecule is Cc1cc2c([c-]1[Si](C)[c-]1c(C)cc3c1C=CC=CC3c1cccc3c(O[Si](C)(C)C)cccc13)C=CC=CC2c1cccc2c(O[Si](C)(C)C)cccc12.Cc1cc2c([c-]1[Si](C)[c-]1c(C)cc3c1C=CC=CC3c1cccc3c(O[Si](C)(C)C)cccc13)C=CC=CC2c1cccc2c(O[Si](C)(C)C)cccc12.[Cl][Zr][Cl]. The summed E-state index contributed by atoms with van der Waals surface area (Å²) in [6.45, 7) is 41.4. The summed E-state index contributed by atoms with van der Waals surface area (Å²) >= 11 is -0.826. The van der Waals surface area contributed by atoms with E-state index < -0.39 is 71.7 Å². The van der Waals surface area contributed by atoms with Crippen molar-refractivity contribution in [1.82, 2.24) is 0 Å². The van der Waals surface area contributed by atoms with Crippen molar-refractivity contribution in [2.24, 2.45) is 0 Å². The molecule has 4 nitrogen and oxygen atoms in total. The van der Waals surface area contributed by atoms with Crippen LogP contribution in [0.5, 0.6) is 23.0 Å². The van der Waals surface area contributed by atoms with Gasteiger partial charge in [0.05, 0.1) is 0 Å². The Morgan fingerprint density at radius 3 is 0.667 bits per heavy atom. The summed E-state index contributed by atoms with van der Waals surface area (Å²) in [6, 6.07) is 63.2. The number of halogens is 2. The van der Waals surface area contributed by atoms with Crippen LogP contribution in [0.25, 0.3) is 67.4 Å². The van der Waals surface area contributed by atoms with Gasteiger partial charge in [0.2, 0.25) is 33.3 Å². The second kappa shape index (κ2) is 32.5. The molecule has 0 heterocycles. The van der Waals surface area contributed by atoms with Gasteiger partial charge in [-0.05, 0) is 170 Å². The summed E-state index contributed by atoms with van der Waals surface area (Å²) < 4.78 is 26.4. The molecule has 0 bridgehead atoms. The van der Waals surface area contributed by atoms with Crippen molar-refractivity contribution in [2.75, 3.05) is 0 Å². The van der Waals surface area contributed by atoms with Crippen LogP contribution in [0.1, 0.15) is 113 Å². The standard InChI is InChI=1S/2C49H51O2Si3.2ClH.Zr/c2*1-32-30-44-38(34-22-14-26-40-36(34)24-16-28-46(40)50-53(4,5)6)18-10-12-20-42(44)48(32)52(3)49-33(2)31-45-39(19-11-13-21-43(45)49)35-23-15-27-41-37(35)25-17-29-47(41)51-54(7,8)9;;;/h2*10-31,38-39H,1-9H3;2*1H;/q2*-2;;;+2/p-2. The van der Waals surface area contributed by atoms with E-state index in [1.165, 1.54) is 153 Å². The molecule has 12 aromatic carbocycles. The first-order chi connectivity index (χ1) is 53.0. The summed E-state index contributed by atoms with van der Waals surface area (Å²) in [5.74, 6) is 4.59. The van der Waals surface area contributed by atoms with E-state index in [2.05, 4.69) is 386 Å². The molecule has 0 aromatic heterocycles. The van der Waals surface area contributed by atoms with Crippen molar-refractivity contribution in [3.63, 3.8) is 0 Å². The molecule has 16 rings (SSSR count). The summed E-state index contributed by atoms with van der Waals surface area (Å²) in [4.78, 5) is 0. The van der Waals surface area contributed by atoms with Crippen LogP contribution >= 0.6 is 17.0 Å². The Balaban J connectivity index is 0.000000178. The number of hydrogen-bond donors (Lipinski definition) is 0. The van der Waals surface area contributed by atoms with Crippen LogP contribution in [0.2, 0.25) is 91.7 Å². The Morgan fingerprint density at radius 2 is 0.468 bits per heavy atom. The molecule has 0 saturated carbocycles. The number of allylic oxidation sites excluding steroid dienone is 12. The fourth-order valence-corrected chi connectivity index (χ4v) is 26.8. The quantitative estimate of drug-likeness (QED) is 0.0714. The van der Waals surface area contributed by atoms with Crippen LogP contribution in [0.4, 0.5) is 0 Å². The first kappa shape index (κ1) is 79.7. The summed E-state index contributed by atoms with van der Waals surface area (Å²) in [6.07, 6.45) is 37.0. The number of aryl methyl sites for hydroxylation is 4. The van der Waals surface area contributed by atoms with Gasteiger partial charge >= 0.3 is 37.9 Å². The molecule has 4 aliphatic rings. The van der Waals surface area contributed by atoms with Gasteiger partial charge in [0.25, 0.3) is 0 Å². The molecule has 564 valence electrons. The van der Waals surface area contributed by atoms with Crippen molar-refractivity contribution in [3.8, 4) is 23.0 Å². The third kappa shape index (κ3) is 16.6. The van der Waals surface area contributed by atoms with E-state index in [1.807, 2.05) is 0 Å². The summed E-state index contributed by atoms with van der Waals surface area (Å²) in [5, 5.41) is 16.0. The minimum atomic E-state index is -1.78. The molecule has 0 N–H and O–H groups in total. The predicted octanol–water partition coefficient (Wildman–Crippen LogP) is 25.7. The number of hydrogen-bond acceptors (Lipinski definition) is 4. The van der Waals surface area contributed by atoms with Crippen molar-refractivity contribution < 1.29 is 38.6 Å². The van der Waals surface area contributed by atoms with E-state index in [-0.39, 0.29) is 23.7 Å². The number of benzene rings is 8. The molecular weight excluding hydrogens is 1570 g/mol. The molecule has 0 saturated heterocycles. The number of fused-ring (bicyclic) bond motifs is 8. The molecule has 13 heteroatoms. The molecule has 0 spiro atoms. The first-order valence-corrected chi connectivity index (χ1v) is 63.0. The molecule has 0 aliphatic heterocycles. The minimum absolute atomic E-state index is 0.149. The Kier molecular flexibility index (Phi) is 23.4. The molecule has 0 amide bonds. The molecular formula is C98H102Cl2O4Si6Zr-4. The average molecular weight is 1670 g/mol. The fourth-order valence-electron chi connectivity index (χ4n) is 17.7. The monoisotopic (exact) mass is 1670 g/mol. The fraction of sp³-hybridized carbons (Fsp3) is 0.224. The molecule has 0 fully saturated rings. The third-order valence-electron chi connectivity index (χ3n) is 21.6. The normalized spacial score (nSPS) is 16.5. The Bertz CT molecular complexity index is 5090. The molecule has 111 heavy (non-hydrogen) atoms. The van der Waals surface area contributed by atoms with Gasteiger partial charge in [0.15, 0.2) is 0 Å². The van der Waals surface area contributed by atoms with Gasteiger partial charge in [0.1, 0.15) is 23.0 Å². The van der Waals surface area contributed by atoms with Crippen molar-refractivity contribution in [2.45, 2.75) is 143 Å². The molecule has 4 aliphatic carbocycles. The van der Waals surface area contributed by atoms with E-state index >= 15 is 0 Å². The maximum atomic E-state index is 6.59. The van der Waals surface area contributed by atoms with E-state index in [9.17, 15) is 0 Å². The van der Waals surface area contributed by atoms with E-state index in [1.54, 1.807) is 0 Å². The zero-order valence-corrected chi connectivity index (χ0v) is 77.6. The first-order valence-electron chi connectivity index (χ1n) is 39.1. The van der Waals surface area contributed by atoms with E-state index in [4.69, 9.17) is 34.7 Å². The van der Waals surface area contributed by atoms with Gasteiger partial charge in [-0.25, -0.2) is 0 Å². The van der Waals surface area contributed by atoms with E-state index in [0.717, 1.165) is 23.0 Å². The van der Waals surface area contributed by atoms with Gasteiger partial charge in [0, 0.05) is 39.1 Å².